The highest BCUT2D eigenvalue weighted by Crippen LogP contribution is 2.26. The van der Waals surface area contributed by atoms with Gasteiger partial charge < -0.3 is 4.74 Å². The Labute approximate surface area is 213 Å². The number of nitrogens with zero attached hydrogens (tertiary/aromatic N) is 2. The van der Waals surface area contributed by atoms with E-state index in [1.807, 2.05) is 31.2 Å². The van der Waals surface area contributed by atoms with Gasteiger partial charge in [-0.2, -0.15) is 5.10 Å². The fraction of sp³-hybridized carbons (Fsp3) is 0.286. The second-order valence-corrected chi connectivity index (χ2v) is 11.4. The predicted molar refractivity (Wildman–Crippen MR) is 144 cm³/mol. The summed E-state index contributed by atoms with van der Waals surface area (Å²) in [6, 6.07) is 21.0. The number of aryl methyl sites for hydroxylation is 1. The normalized spacial score (nSPS) is 12.2. The van der Waals surface area contributed by atoms with Crippen LogP contribution in [0.4, 0.5) is 5.69 Å². The van der Waals surface area contributed by atoms with Gasteiger partial charge in [-0.1, -0.05) is 62.7 Å². The van der Waals surface area contributed by atoms with Crippen molar-refractivity contribution in [2.24, 2.45) is 5.10 Å². The van der Waals surface area contributed by atoms with Crippen molar-refractivity contribution in [3.63, 3.8) is 0 Å². The van der Waals surface area contributed by atoms with E-state index in [-0.39, 0.29) is 10.3 Å². The van der Waals surface area contributed by atoms with Gasteiger partial charge in [-0.05, 0) is 66.8 Å². The quantitative estimate of drug-likeness (QED) is 0.342. The molecule has 0 aromatic heterocycles. The average molecular weight is 508 g/mol. The smallest absolute Gasteiger partial charge is 0.264 e. The number of hydrogen-bond acceptors (Lipinski definition) is 5. The van der Waals surface area contributed by atoms with Crippen LogP contribution in [0.5, 0.6) is 5.75 Å². The summed E-state index contributed by atoms with van der Waals surface area (Å²) in [5, 5.41) is 4.20. The van der Waals surface area contributed by atoms with E-state index in [0.29, 0.717) is 17.1 Å². The maximum Gasteiger partial charge on any atom is 0.264 e. The number of benzene rings is 3. The number of ether oxygens (including phenoxy) is 1. The van der Waals surface area contributed by atoms with Crippen molar-refractivity contribution >= 4 is 27.3 Å². The Morgan fingerprint density at radius 1 is 0.944 bits per heavy atom. The number of anilines is 1. The van der Waals surface area contributed by atoms with Gasteiger partial charge in [0.1, 0.15) is 12.3 Å². The Kier molecular flexibility index (Phi) is 8.20. The molecule has 0 fully saturated rings. The molecule has 0 aliphatic carbocycles. The summed E-state index contributed by atoms with van der Waals surface area (Å²) < 4.78 is 33.2. The monoisotopic (exact) mass is 507 g/mol. The van der Waals surface area contributed by atoms with Gasteiger partial charge in [0.2, 0.25) is 0 Å². The first kappa shape index (κ1) is 26.9. The summed E-state index contributed by atoms with van der Waals surface area (Å²) in [6.07, 6.45) is 0. The van der Waals surface area contributed by atoms with Gasteiger partial charge in [0.05, 0.1) is 23.4 Å². The highest BCUT2D eigenvalue weighted by molar-refractivity contribution is 7.92. The first-order valence-corrected chi connectivity index (χ1v) is 13.0. The van der Waals surface area contributed by atoms with Crippen LogP contribution in [-0.2, 0) is 20.2 Å². The topological polar surface area (TPSA) is 88.1 Å². The highest BCUT2D eigenvalue weighted by Gasteiger charge is 2.27. The molecule has 0 bridgehead atoms. The van der Waals surface area contributed by atoms with Crippen LogP contribution in [0.3, 0.4) is 0 Å². The molecule has 0 spiro atoms. The minimum atomic E-state index is -4.01. The third-order valence-corrected chi connectivity index (χ3v) is 7.56. The molecule has 3 rings (SSSR count). The van der Waals surface area contributed by atoms with E-state index in [0.717, 1.165) is 15.4 Å². The Hall–Kier alpha value is -3.65. The average Bonchev–Trinajstić information content (AvgIpc) is 2.85. The van der Waals surface area contributed by atoms with Crippen molar-refractivity contribution in [3.8, 4) is 5.75 Å². The number of hydrazone groups is 1. The number of sulfonamides is 1. The number of methoxy groups -OCH3 is 1. The maximum atomic E-state index is 13.5. The summed E-state index contributed by atoms with van der Waals surface area (Å²) in [4.78, 5) is 12.9. The van der Waals surface area contributed by atoms with Crippen molar-refractivity contribution in [2.75, 3.05) is 18.0 Å². The first-order chi connectivity index (χ1) is 16.9. The Morgan fingerprint density at radius 3 is 2.06 bits per heavy atom. The molecule has 3 aromatic rings. The number of rotatable bonds is 8. The van der Waals surface area contributed by atoms with Crippen LogP contribution in [0, 0.1) is 6.92 Å². The summed E-state index contributed by atoms with van der Waals surface area (Å²) in [5.74, 6) is 0.0146. The molecule has 8 heteroatoms. The summed E-state index contributed by atoms with van der Waals surface area (Å²) in [6.45, 7) is 9.65. The largest absolute Gasteiger partial charge is 0.497 e. The lowest BCUT2D eigenvalue weighted by Crippen LogP contribution is -2.39. The van der Waals surface area contributed by atoms with Crippen LogP contribution in [0.1, 0.15) is 44.4 Å². The van der Waals surface area contributed by atoms with Crippen LogP contribution in [-0.4, -0.2) is 33.7 Å². The van der Waals surface area contributed by atoms with Crippen LogP contribution in [0.15, 0.2) is 82.8 Å². The predicted octanol–water partition coefficient (Wildman–Crippen LogP) is 5.04. The molecule has 0 aliphatic rings. The van der Waals surface area contributed by atoms with E-state index >= 15 is 0 Å². The van der Waals surface area contributed by atoms with E-state index in [4.69, 9.17) is 4.74 Å². The molecule has 0 heterocycles. The van der Waals surface area contributed by atoms with Gasteiger partial charge >= 0.3 is 0 Å². The minimum Gasteiger partial charge on any atom is -0.497 e. The van der Waals surface area contributed by atoms with E-state index in [9.17, 15) is 13.2 Å². The zero-order chi connectivity index (χ0) is 26.5. The molecular weight excluding hydrogens is 474 g/mol. The molecule has 36 heavy (non-hydrogen) atoms. The van der Waals surface area contributed by atoms with Gasteiger partial charge in [0, 0.05) is 0 Å². The SMILES string of the molecule is COc1ccc(N(CC(=O)N/N=C(/C)c2ccc(C(C)(C)C)cc2)S(=O)(=O)c2ccc(C)cc2)cc1. The molecule has 0 unspecified atom stereocenters. The maximum absolute atomic E-state index is 13.5. The van der Waals surface area contributed by atoms with Crippen molar-refractivity contribution in [1.29, 1.82) is 0 Å². The number of carbonyl (C=O) groups is 1. The van der Waals surface area contributed by atoms with Crippen molar-refractivity contribution < 1.29 is 17.9 Å². The standard InChI is InChI=1S/C28H33N3O4S/c1-20-7-17-26(18-8-20)36(33,34)31(24-13-15-25(35-6)16-14-24)19-27(32)30-29-21(2)22-9-11-23(12-10-22)28(3,4)5/h7-18H,19H2,1-6H3,(H,30,32)/b29-21-. The second-order valence-electron chi connectivity index (χ2n) is 9.58. The van der Waals surface area contributed by atoms with Crippen LogP contribution in [0.2, 0.25) is 0 Å². The molecule has 0 atom stereocenters. The van der Waals surface area contributed by atoms with E-state index in [2.05, 4.69) is 31.3 Å². The summed E-state index contributed by atoms with van der Waals surface area (Å²) in [7, 11) is -2.48. The zero-order valence-corrected chi connectivity index (χ0v) is 22.4. The summed E-state index contributed by atoms with van der Waals surface area (Å²) in [5.41, 5.74) is 6.47. The molecular formula is C28H33N3O4S. The van der Waals surface area contributed by atoms with Gasteiger partial charge in [0.25, 0.3) is 15.9 Å². The third kappa shape index (κ3) is 6.51. The van der Waals surface area contributed by atoms with E-state index < -0.39 is 22.5 Å². The third-order valence-electron chi connectivity index (χ3n) is 5.77. The minimum absolute atomic E-state index is 0.0334. The van der Waals surface area contributed by atoms with Gasteiger partial charge in [-0.15, -0.1) is 0 Å². The molecule has 0 radical (unpaired) electrons. The second kappa shape index (κ2) is 11.0. The van der Waals surface area contributed by atoms with E-state index in [1.165, 1.54) is 24.8 Å². The molecule has 1 amide bonds. The van der Waals surface area contributed by atoms with Gasteiger partial charge in [0.15, 0.2) is 0 Å². The fourth-order valence-electron chi connectivity index (χ4n) is 3.49. The van der Waals surface area contributed by atoms with Crippen molar-refractivity contribution in [3.05, 3.63) is 89.5 Å². The molecule has 0 saturated carbocycles. The first-order valence-electron chi connectivity index (χ1n) is 11.6. The molecule has 190 valence electrons. The lowest BCUT2D eigenvalue weighted by Gasteiger charge is -2.24. The molecule has 0 aliphatic heterocycles. The number of amides is 1. The highest BCUT2D eigenvalue weighted by atomic mass is 32.2. The summed E-state index contributed by atoms with van der Waals surface area (Å²) >= 11 is 0. The molecule has 3 aromatic carbocycles. The lowest BCUT2D eigenvalue weighted by atomic mass is 9.86. The Bertz CT molecular complexity index is 1320. The Morgan fingerprint density at radius 2 is 1.53 bits per heavy atom. The zero-order valence-electron chi connectivity index (χ0n) is 21.6. The van der Waals surface area contributed by atoms with Gasteiger partial charge in [-0.3, -0.25) is 9.10 Å². The fourth-order valence-corrected chi connectivity index (χ4v) is 4.91. The van der Waals surface area contributed by atoms with E-state index in [1.54, 1.807) is 43.3 Å². The van der Waals surface area contributed by atoms with Crippen LogP contribution >= 0.6 is 0 Å². The lowest BCUT2D eigenvalue weighted by molar-refractivity contribution is -0.119. The number of nitrogens with one attached hydrogen (secondary N) is 1. The van der Waals surface area contributed by atoms with Crippen LogP contribution < -0.4 is 14.5 Å². The number of hydrogen-bond donors (Lipinski definition) is 1. The van der Waals surface area contributed by atoms with Crippen molar-refractivity contribution in [1.82, 2.24) is 5.43 Å². The Balaban J connectivity index is 1.84. The molecule has 1 N–H and O–H groups in total. The van der Waals surface area contributed by atoms with Crippen molar-refractivity contribution in [2.45, 2.75) is 44.9 Å². The molecule has 0 saturated heterocycles. The number of carbonyl (C=O) groups excluding carboxylic acids is 1. The van der Waals surface area contributed by atoms with Gasteiger partial charge in [-0.25, -0.2) is 13.8 Å². The molecule has 7 nitrogen and oxygen atoms in total. The van der Waals surface area contributed by atoms with Crippen LogP contribution in [0.25, 0.3) is 0 Å².